The molecule has 2 aromatic rings. The fraction of sp³-hybridized carbons (Fsp3) is 0.133. The third-order valence-electron chi connectivity index (χ3n) is 3.10. The molecule has 0 aliphatic rings. The Morgan fingerprint density at radius 3 is 2.26 bits per heavy atom. The van der Waals surface area contributed by atoms with Gasteiger partial charge in [-0.05, 0) is 55.0 Å². The number of hydrogen-bond acceptors (Lipinski definition) is 3. The number of anilines is 1. The fourth-order valence-corrected chi connectivity index (χ4v) is 2.79. The Morgan fingerprint density at radius 2 is 1.74 bits per heavy atom. The highest BCUT2D eigenvalue weighted by atomic mass is 79.9. The van der Waals surface area contributed by atoms with Crippen molar-refractivity contribution in [1.29, 1.82) is 0 Å². The average Bonchev–Trinajstić information content (AvgIpc) is 2.51. The molecule has 0 spiro atoms. The Balaban J connectivity index is 2.19. The van der Waals surface area contributed by atoms with E-state index in [1.807, 2.05) is 6.92 Å². The van der Waals surface area contributed by atoms with E-state index in [-0.39, 0.29) is 5.56 Å². The van der Waals surface area contributed by atoms with Crippen LogP contribution in [0, 0.1) is 6.92 Å². The molecule has 0 bridgehead atoms. The summed E-state index contributed by atoms with van der Waals surface area (Å²) in [5, 5.41) is 2.65. The van der Waals surface area contributed by atoms with Gasteiger partial charge in [-0.1, -0.05) is 15.9 Å². The zero-order valence-corrected chi connectivity index (χ0v) is 14.3. The highest BCUT2D eigenvalue weighted by molar-refractivity contribution is 9.10. The van der Waals surface area contributed by atoms with Gasteiger partial charge in [0.2, 0.25) is 9.84 Å². The summed E-state index contributed by atoms with van der Waals surface area (Å²) in [4.78, 5) is 11.6. The van der Waals surface area contributed by atoms with Crippen molar-refractivity contribution >= 4 is 37.4 Å². The Morgan fingerprint density at radius 1 is 1.13 bits per heavy atom. The molecule has 0 atom stereocenters. The van der Waals surface area contributed by atoms with Gasteiger partial charge >= 0.3 is 5.76 Å². The van der Waals surface area contributed by atoms with Crippen molar-refractivity contribution in [2.24, 2.45) is 0 Å². The van der Waals surface area contributed by atoms with Crippen LogP contribution in [-0.2, 0) is 9.84 Å². The van der Waals surface area contributed by atoms with Crippen LogP contribution in [-0.4, -0.2) is 20.1 Å². The largest absolute Gasteiger partial charge is 0.341 e. The van der Waals surface area contributed by atoms with Gasteiger partial charge in [0.15, 0.2) is 0 Å². The number of sulfone groups is 1. The van der Waals surface area contributed by atoms with Gasteiger partial charge in [0.1, 0.15) is 0 Å². The van der Waals surface area contributed by atoms with Crippen molar-refractivity contribution in [3.8, 4) is 0 Å². The molecule has 2 rings (SSSR count). The highest BCUT2D eigenvalue weighted by Crippen LogP contribution is 2.21. The van der Waals surface area contributed by atoms with Gasteiger partial charge < -0.3 is 5.32 Å². The van der Waals surface area contributed by atoms with E-state index in [0.29, 0.717) is 5.69 Å². The molecule has 0 aromatic heterocycles. The standard InChI is InChI=1S/C15H12BrF2NO3S/c1-9-8-11(4-7-13(9)16)19-14(20)10-2-5-12(6-3-10)23(21,22)15(17)18/h2-8,15H,1H3,(H,19,20). The minimum absolute atomic E-state index is 0.166. The van der Waals surface area contributed by atoms with E-state index in [1.54, 1.807) is 18.2 Å². The van der Waals surface area contributed by atoms with Crippen LogP contribution < -0.4 is 5.32 Å². The summed E-state index contributed by atoms with van der Waals surface area (Å²) in [6.07, 6.45) is 0. The molecule has 23 heavy (non-hydrogen) atoms. The van der Waals surface area contributed by atoms with Crippen molar-refractivity contribution < 1.29 is 22.0 Å². The summed E-state index contributed by atoms with van der Waals surface area (Å²) in [6.45, 7) is 1.86. The SMILES string of the molecule is Cc1cc(NC(=O)c2ccc(S(=O)(=O)C(F)F)cc2)ccc1Br. The van der Waals surface area contributed by atoms with Crippen LogP contribution in [0.25, 0.3) is 0 Å². The zero-order valence-electron chi connectivity index (χ0n) is 11.9. The number of aryl methyl sites for hydroxylation is 1. The number of rotatable bonds is 4. The maximum absolute atomic E-state index is 12.4. The number of nitrogens with one attached hydrogen (secondary N) is 1. The zero-order chi connectivity index (χ0) is 17.2. The predicted molar refractivity (Wildman–Crippen MR) is 86.5 cm³/mol. The van der Waals surface area contributed by atoms with Crippen LogP contribution in [0.5, 0.6) is 0 Å². The molecule has 8 heteroatoms. The van der Waals surface area contributed by atoms with Gasteiger partial charge in [-0.3, -0.25) is 4.79 Å². The van der Waals surface area contributed by atoms with Crippen LogP contribution in [0.2, 0.25) is 0 Å². The van der Waals surface area contributed by atoms with Crippen molar-refractivity contribution in [2.45, 2.75) is 17.6 Å². The fourth-order valence-electron chi connectivity index (χ4n) is 1.82. The smallest absolute Gasteiger partial charge is 0.322 e. The van der Waals surface area contributed by atoms with Crippen LogP contribution in [0.15, 0.2) is 51.8 Å². The van der Waals surface area contributed by atoms with E-state index in [9.17, 15) is 22.0 Å². The summed E-state index contributed by atoms with van der Waals surface area (Å²) >= 11 is 3.35. The van der Waals surface area contributed by atoms with Crippen LogP contribution in [0.4, 0.5) is 14.5 Å². The van der Waals surface area contributed by atoms with E-state index >= 15 is 0 Å². The number of hydrogen-bond donors (Lipinski definition) is 1. The Labute approximate surface area is 140 Å². The Kier molecular flexibility index (Phi) is 5.16. The van der Waals surface area contributed by atoms with Crippen LogP contribution in [0.3, 0.4) is 0 Å². The molecule has 4 nitrogen and oxygen atoms in total. The van der Waals surface area contributed by atoms with Gasteiger partial charge in [0.25, 0.3) is 5.91 Å². The Bertz CT molecular complexity index is 836. The summed E-state index contributed by atoms with van der Waals surface area (Å²) in [6, 6.07) is 9.60. The minimum atomic E-state index is -4.66. The third kappa shape index (κ3) is 3.94. The molecule has 1 amide bonds. The molecule has 1 N–H and O–H groups in total. The number of benzene rings is 2. The average molecular weight is 404 g/mol. The maximum atomic E-state index is 12.4. The minimum Gasteiger partial charge on any atom is -0.322 e. The van der Waals surface area contributed by atoms with E-state index in [4.69, 9.17) is 0 Å². The molecule has 0 aliphatic carbocycles. The molecular weight excluding hydrogens is 392 g/mol. The molecule has 0 saturated carbocycles. The van der Waals surface area contributed by atoms with Crippen molar-refractivity contribution in [3.63, 3.8) is 0 Å². The monoisotopic (exact) mass is 403 g/mol. The summed E-state index contributed by atoms with van der Waals surface area (Å²) in [5.74, 6) is -3.96. The molecule has 0 aliphatic heterocycles. The normalized spacial score (nSPS) is 11.5. The first kappa shape index (κ1) is 17.6. The molecule has 0 saturated heterocycles. The van der Waals surface area contributed by atoms with E-state index < -0.39 is 26.4 Å². The Hall–Kier alpha value is -1.80. The molecule has 2 aromatic carbocycles. The molecule has 0 heterocycles. The molecule has 0 unspecified atom stereocenters. The van der Waals surface area contributed by atoms with Gasteiger partial charge in [-0.2, -0.15) is 8.78 Å². The summed E-state index contributed by atoms with van der Waals surface area (Å²) in [5.41, 5.74) is 1.67. The first-order valence-electron chi connectivity index (χ1n) is 6.41. The quantitative estimate of drug-likeness (QED) is 0.838. The number of carbonyl (C=O) groups is 1. The second-order valence-electron chi connectivity index (χ2n) is 4.75. The van der Waals surface area contributed by atoms with Crippen molar-refractivity contribution in [3.05, 3.63) is 58.1 Å². The lowest BCUT2D eigenvalue weighted by atomic mass is 10.2. The van der Waals surface area contributed by atoms with Crippen molar-refractivity contribution in [2.75, 3.05) is 5.32 Å². The van der Waals surface area contributed by atoms with Gasteiger partial charge in [-0.25, -0.2) is 8.42 Å². The molecule has 0 fully saturated rings. The first-order valence-corrected chi connectivity index (χ1v) is 8.75. The second-order valence-corrected chi connectivity index (χ2v) is 7.52. The second kappa shape index (κ2) is 6.76. The number of halogens is 3. The molecular formula is C15H12BrF2NO3S. The number of amides is 1. The lowest BCUT2D eigenvalue weighted by molar-refractivity contribution is 0.102. The summed E-state index contributed by atoms with van der Waals surface area (Å²) < 4.78 is 48.4. The van der Waals surface area contributed by atoms with E-state index in [0.717, 1.165) is 22.2 Å². The first-order chi connectivity index (χ1) is 10.7. The molecule has 122 valence electrons. The topological polar surface area (TPSA) is 63.2 Å². The van der Waals surface area contributed by atoms with E-state index in [2.05, 4.69) is 21.2 Å². The highest BCUT2D eigenvalue weighted by Gasteiger charge is 2.26. The molecule has 0 radical (unpaired) electrons. The maximum Gasteiger partial charge on any atom is 0.341 e. The summed E-state index contributed by atoms with van der Waals surface area (Å²) in [7, 11) is -4.66. The van der Waals surface area contributed by atoms with Crippen molar-refractivity contribution in [1.82, 2.24) is 0 Å². The number of alkyl halides is 2. The van der Waals surface area contributed by atoms with Gasteiger partial charge in [-0.15, -0.1) is 0 Å². The van der Waals surface area contributed by atoms with Gasteiger partial charge in [0, 0.05) is 15.7 Å². The van der Waals surface area contributed by atoms with Gasteiger partial charge in [0.05, 0.1) is 4.90 Å². The van der Waals surface area contributed by atoms with E-state index in [1.165, 1.54) is 12.1 Å². The van der Waals surface area contributed by atoms with Crippen LogP contribution in [0.1, 0.15) is 15.9 Å². The number of carbonyl (C=O) groups excluding carboxylic acids is 1. The lowest BCUT2D eigenvalue weighted by Gasteiger charge is -2.08. The predicted octanol–water partition coefficient (Wildman–Crippen LogP) is 4.01. The third-order valence-corrected chi connectivity index (χ3v) is 5.38. The lowest BCUT2D eigenvalue weighted by Crippen LogP contribution is -2.14. The van der Waals surface area contributed by atoms with Crippen LogP contribution >= 0.6 is 15.9 Å².